The zero-order chi connectivity index (χ0) is 30.2. The molecule has 1 aromatic heterocycles. The number of nitrogens with zero attached hydrogens (tertiary/aromatic N) is 2. The average molecular weight is 585 g/mol. The van der Waals surface area contributed by atoms with Crippen LogP contribution in [0.1, 0.15) is 0 Å². The molecule has 1 aliphatic carbocycles. The number of benzene rings is 8. The predicted octanol–water partition coefficient (Wildman–Crippen LogP) is 12.2. The van der Waals surface area contributed by atoms with Crippen LogP contribution in [0, 0.1) is 0 Å². The van der Waals surface area contributed by atoms with Crippen LogP contribution in [0.25, 0.3) is 71.3 Å². The van der Waals surface area contributed by atoms with Crippen LogP contribution in [0.3, 0.4) is 0 Å². The van der Waals surface area contributed by atoms with Crippen LogP contribution in [0.5, 0.6) is 0 Å². The van der Waals surface area contributed by atoms with Crippen LogP contribution in [0.4, 0.5) is 17.1 Å². The van der Waals surface area contributed by atoms with Gasteiger partial charge in [-0.2, -0.15) is 0 Å². The maximum absolute atomic E-state index is 2.49. The highest BCUT2D eigenvalue weighted by Crippen LogP contribution is 2.51. The maximum Gasteiger partial charge on any atom is 0.0620 e. The van der Waals surface area contributed by atoms with Crippen molar-refractivity contribution < 1.29 is 0 Å². The Kier molecular flexibility index (Phi) is 5.31. The second-order valence-corrected chi connectivity index (χ2v) is 12.1. The van der Waals surface area contributed by atoms with Gasteiger partial charge in [0.15, 0.2) is 0 Å². The second-order valence-electron chi connectivity index (χ2n) is 12.1. The van der Waals surface area contributed by atoms with Gasteiger partial charge in [0.05, 0.1) is 11.0 Å². The lowest BCUT2D eigenvalue weighted by Gasteiger charge is -2.25. The standard InChI is InChI=1S/C44H28N2/c1-3-13-30(14-4-1)45(31-15-5-2-6-16-31)32-23-25-33(26-24-32)46-41-27-22-29-12-7-8-17-34(29)43(41)40-28-39-36-19-10-9-18-35(36)37-20-11-21-38(42(37)39)44(40)46/h1-28H. The fraction of sp³-hybridized carbons (Fsp3) is 0. The van der Waals surface area contributed by atoms with Gasteiger partial charge in [0.1, 0.15) is 0 Å². The van der Waals surface area contributed by atoms with E-state index >= 15 is 0 Å². The van der Waals surface area contributed by atoms with Crippen LogP contribution >= 0.6 is 0 Å². The van der Waals surface area contributed by atoms with E-state index in [1.165, 1.54) is 65.6 Å². The largest absolute Gasteiger partial charge is 0.311 e. The molecule has 8 aromatic carbocycles. The van der Waals surface area contributed by atoms with Crippen molar-refractivity contribution in [3.05, 3.63) is 170 Å². The molecule has 0 radical (unpaired) electrons. The Morgan fingerprint density at radius 3 is 1.70 bits per heavy atom. The Balaban J connectivity index is 1.27. The summed E-state index contributed by atoms with van der Waals surface area (Å²) in [6.45, 7) is 0. The Hall–Kier alpha value is -6.12. The van der Waals surface area contributed by atoms with Gasteiger partial charge in [-0.15, -0.1) is 0 Å². The minimum Gasteiger partial charge on any atom is -0.311 e. The monoisotopic (exact) mass is 584 g/mol. The van der Waals surface area contributed by atoms with E-state index in [2.05, 4.69) is 179 Å². The molecule has 1 aliphatic rings. The van der Waals surface area contributed by atoms with Gasteiger partial charge in [0, 0.05) is 38.9 Å². The molecule has 9 aromatic rings. The fourth-order valence-corrected chi connectivity index (χ4v) is 7.76. The number of anilines is 3. The van der Waals surface area contributed by atoms with Crippen LogP contribution in [0.15, 0.2) is 170 Å². The molecule has 0 aliphatic heterocycles. The van der Waals surface area contributed by atoms with Crippen molar-refractivity contribution in [2.24, 2.45) is 0 Å². The van der Waals surface area contributed by atoms with E-state index < -0.39 is 0 Å². The molecule has 0 N–H and O–H groups in total. The second kappa shape index (κ2) is 9.69. The molecule has 2 nitrogen and oxygen atoms in total. The Labute approximate surface area is 267 Å². The van der Waals surface area contributed by atoms with Gasteiger partial charge in [-0.25, -0.2) is 0 Å². The summed E-state index contributed by atoms with van der Waals surface area (Å²) in [7, 11) is 0. The van der Waals surface area contributed by atoms with Crippen molar-refractivity contribution in [1.29, 1.82) is 0 Å². The molecule has 0 saturated heterocycles. The quantitative estimate of drug-likeness (QED) is 0.200. The molecule has 46 heavy (non-hydrogen) atoms. The summed E-state index contributed by atoms with van der Waals surface area (Å²) >= 11 is 0. The molecule has 10 rings (SSSR count). The molecule has 0 spiro atoms. The molecule has 2 heteroatoms. The van der Waals surface area contributed by atoms with Crippen molar-refractivity contribution in [3.8, 4) is 27.9 Å². The van der Waals surface area contributed by atoms with E-state index in [9.17, 15) is 0 Å². The zero-order valence-corrected chi connectivity index (χ0v) is 25.1. The maximum atomic E-state index is 2.49. The number of para-hydroxylation sites is 2. The first-order chi connectivity index (χ1) is 22.8. The van der Waals surface area contributed by atoms with E-state index in [1.807, 2.05) is 0 Å². The van der Waals surface area contributed by atoms with Gasteiger partial charge in [-0.1, -0.05) is 109 Å². The molecule has 1 heterocycles. The van der Waals surface area contributed by atoms with Gasteiger partial charge in [-0.05, 0) is 99.1 Å². The summed E-state index contributed by atoms with van der Waals surface area (Å²) in [5, 5.41) is 7.79. The highest BCUT2D eigenvalue weighted by molar-refractivity contribution is 6.31. The highest BCUT2D eigenvalue weighted by Gasteiger charge is 2.26. The first-order valence-corrected chi connectivity index (χ1v) is 15.9. The minimum absolute atomic E-state index is 1.12. The van der Waals surface area contributed by atoms with E-state index in [1.54, 1.807) is 0 Å². The predicted molar refractivity (Wildman–Crippen MR) is 195 cm³/mol. The van der Waals surface area contributed by atoms with Crippen LogP contribution in [0.2, 0.25) is 0 Å². The lowest BCUT2D eigenvalue weighted by atomic mass is 9.97. The van der Waals surface area contributed by atoms with Crippen molar-refractivity contribution in [2.75, 3.05) is 4.90 Å². The molecule has 0 bridgehead atoms. The summed E-state index contributed by atoms with van der Waals surface area (Å²) in [4.78, 5) is 2.32. The van der Waals surface area contributed by atoms with Gasteiger partial charge in [-0.3, -0.25) is 0 Å². The third kappa shape index (κ3) is 3.53. The van der Waals surface area contributed by atoms with Crippen LogP contribution < -0.4 is 4.90 Å². The molecule has 0 saturated carbocycles. The molecule has 0 atom stereocenters. The normalized spacial score (nSPS) is 11.9. The number of hydrogen-bond donors (Lipinski definition) is 0. The first kappa shape index (κ1) is 25.2. The van der Waals surface area contributed by atoms with Crippen LogP contribution in [-0.4, -0.2) is 4.57 Å². The van der Waals surface area contributed by atoms with Crippen molar-refractivity contribution in [3.63, 3.8) is 0 Å². The first-order valence-electron chi connectivity index (χ1n) is 15.9. The summed E-state index contributed by atoms with van der Waals surface area (Å²) in [5.41, 5.74) is 12.3. The summed E-state index contributed by atoms with van der Waals surface area (Å²) in [6, 6.07) is 61.8. The third-order valence-electron chi connectivity index (χ3n) is 9.68. The molecule has 0 fully saturated rings. The Bertz CT molecular complexity index is 2570. The molecule has 214 valence electrons. The summed E-state index contributed by atoms with van der Waals surface area (Å²) in [5.74, 6) is 0. The number of aromatic nitrogens is 1. The summed E-state index contributed by atoms with van der Waals surface area (Å²) < 4.78 is 2.49. The lowest BCUT2D eigenvalue weighted by molar-refractivity contribution is 1.18. The lowest BCUT2D eigenvalue weighted by Crippen LogP contribution is -2.09. The molecule has 0 amide bonds. The number of fused-ring (bicyclic) bond motifs is 9. The van der Waals surface area contributed by atoms with Crippen molar-refractivity contribution in [1.82, 2.24) is 4.57 Å². The van der Waals surface area contributed by atoms with Gasteiger partial charge in [0.25, 0.3) is 0 Å². The molecular formula is C44H28N2. The van der Waals surface area contributed by atoms with Gasteiger partial charge in [0.2, 0.25) is 0 Å². The number of hydrogen-bond acceptors (Lipinski definition) is 1. The van der Waals surface area contributed by atoms with E-state index in [4.69, 9.17) is 0 Å². The smallest absolute Gasteiger partial charge is 0.0620 e. The molecular weight excluding hydrogens is 556 g/mol. The SMILES string of the molecule is c1ccc(N(c2ccccc2)c2ccc(-n3c4ccc5ccccc5c4c4cc5c6c(cccc6c43)-c3ccccc3-5)cc2)cc1. The average Bonchev–Trinajstić information content (AvgIpc) is 3.64. The Morgan fingerprint density at radius 2 is 0.957 bits per heavy atom. The highest BCUT2D eigenvalue weighted by atomic mass is 15.1. The Morgan fingerprint density at radius 1 is 0.370 bits per heavy atom. The van der Waals surface area contributed by atoms with E-state index in [0.717, 1.165) is 22.7 Å². The topological polar surface area (TPSA) is 8.17 Å². The van der Waals surface area contributed by atoms with Crippen molar-refractivity contribution in [2.45, 2.75) is 0 Å². The van der Waals surface area contributed by atoms with E-state index in [-0.39, 0.29) is 0 Å². The minimum atomic E-state index is 1.12. The van der Waals surface area contributed by atoms with Crippen LogP contribution in [-0.2, 0) is 0 Å². The van der Waals surface area contributed by atoms with E-state index in [0.29, 0.717) is 0 Å². The van der Waals surface area contributed by atoms with Gasteiger partial charge < -0.3 is 9.47 Å². The van der Waals surface area contributed by atoms with Gasteiger partial charge >= 0.3 is 0 Å². The summed E-state index contributed by atoms with van der Waals surface area (Å²) in [6.07, 6.45) is 0. The zero-order valence-electron chi connectivity index (χ0n) is 25.1. The molecule has 0 unspecified atom stereocenters. The fourth-order valence-electron chi connectivity index (χ4n) is 7.76. The number of rotatable bonds is 4. The third-order valence-corrected chi connectivity index (χ3v) is 9.68. The van der Waals surface area contributed by atoms with Crippen molar-refractivity contribution >= 4 is 60.4 Å².